The van der Waals surface area contributed by atoms with Crippen molar-refractivity contribution in [3.63, 3.8) is 0 Å². The first kappa shape index (κ1) is 31.1. The van der Waals surface area contributed by atoms with Crippen molar-refractivity contribution in [2.24, 2.45) is 0 Å². The van der Waals surface area contributed by atoms with Gasteiger partial charge in [-0.05, 0) is 84.9 Å². The Balaban J connectivity index is 1.18. The second-order valence-corrected chi connectivity index (χ2v) is 14.0. The number of benzene rings is 9. The molecule has 55 heavy (non-hydrogen) atoms. The van der Waals surface area contributed by atoms with Gasteiger partial charge in [-0.15, -0.1) is 0 Å². The zero-order valence-corrected chi connectivity index (χ0v) is 29.6. The van der Waals surface area contributed by atoms with Crippen LogP contribution in [0.4, 0.5) is 0 Å². The molecule has 4 heteroatoms. The SMILES string of the molecule is c1cc(-c2ccc3ccccc3c2)cc(-c2nc(-c3c(-c4ccc5ccccc5c4)ccc4ccccc34)nc(-c3cccc4c3oc3ccccc34)n2)c1. The molecule has 0 spiro atoms. The summed E-state index contributed by atoms with van der Waals surface area (Å²) in [6.07, 6.45) is 0. The van der Waals surface area contributed by atoms with Crippen LogP contribution in [-0.4, -0.2) is 15.0 Å². The maximum Gasteiger partial charge on any atom is 0.167 e. The molecule has 0 saturated heterocycles. The van der Waals surface area contributed by atoms with Gasteiger partial charge in [-0.3, -0.25) is 0 Å². The summed E-state index contributed by atoms with van der Waals surface area (Å²) in [5, 5.41) is 9.06. The highest BCUT2D eigenvalue weighted by atomic mass is 16.3. The summed E-state index contributed by atoms with van der Waals surface area (Å²) in [5.74, 6) is 1.75. The molecule has 0 saturated carbocycles. The summed E-state index contributed by atoms with van der Waals surface area (Å²) in [6, 6.07) is 65.9. The van der Waals surface area contributed by atoms with E-state index in [-0.39, 0.29) is 0 Å². The van der Waals surface area contributed by atoms with Crippen molar-refractivity contribution in [3.05, 3.63) is 188 Å². The van der Waals surface area contributed by atoms with Gasteiger partial charge in [-0.1, -0.05) is 158 Å². The highest BCUT2D eigenvalue weighted by molar-refractivity contribution is 6.09. The summed E-state index contributed by atoms with van der Waals surface area (Å²) < 4.78 is 6.55. The molecular weight excluding hydrogens is 671 g/mol. The molecule has 0 bridgehead atoms. The molecular formula is C51H31N3O. The fourth-order valence-electron chi connectivity index (χ4n) is 7.98. The number of hydrogen-bond acceptors (Lipinski definition) is 4. The van der Waals surface area contributed by atoms with Gasteiger partial charge in [0.15, 0.2) is 17.5 Å². The lowest BCUT2D eigenvalue weighted by Crippen LogP contribution is -2.02. The maximum absolute atomic E-state index is 6.55. The number of rotatable bonds is 5. The van der Waals surface area contributed by atoms with E-state index in [0.717, 1.165) is 71.7 Å². The molecule has 0 amide bonds. The Morgan fingerprint density at radius 3 is 1.69 bits per heavy atom. The van der Waals surface area contributed by atoms with Crippen molar-refractivity contribution in [2.45, 2.75) is 0 Å². The Labute approximate surface area is 317 Å². The van der Waals surface area contributed by atoms with Crippen molar-refractivity contribution in [2.75, 3.05) is 0 Å². The first-order chi connectivity index (χ1) is 27.2. The quantitative estimate of drug-likeness (QED) is 0.179. The number of hydrogen-bond donors (Lipinski definition) is 0. The van der Waals surface area contributed by atoms with Gasteiger partial charge >= 0.3 is 0 Å². The van der Waals surface area contributed by atoms with Gasteiger partial charge in [0.1, 0.15) is 11.2 Å². The second-order valence-electron chi connectivity index (χ2n) is 14.0. The lowest BCUT2D eigenvalue weighted by molar-refractivity contribution is 0.669. The number of fused-ring (bicyclic) bond motifs is 6. The Bertz CT molecular complexity index is 3290. The summed E-state index contributed by atoms with van der Waals surface area (Å²) in [6.45, 7) is 0. The Morgan fingerprint density at radius 2 is 0.873 bits per heavy atom. The maximum atomic E-state index is 6.55. The molecule has 2 aromatic heterocycles. The minimum absolute atomic E-state index is 0.554. The first-order valence-electron chi connectivity index (χ1n) is 18.5. The van der Waals surface area contributed by atoms with Crippen LogP contribution in [0.3, 0.4) is 0 Å². The molecule has 0 fully saturated rings. The van der Waals surface area contributed by atoms with E-state index >= 15 is 0 Å². The van der Waals surface area contributed by atoms with Crippen LogP contribution in [0.15, 0.2) is 192 Å². The third-order valence-corrected chi connectivity index (χ3v) is 10.7. The van der Waals surface area contributed by atoms with Crippen molar-refractivity contribution in [1.29, 1.82) is 0 Å². The van der Waals surface area contributed by atoms with E-state index in [4.69, 9.17) is 19.4 Å². The van der Waals surface area contributed by atoms with Crippen LogP contribution >= 0.6 is 0 Å². The van der Waals surface area contributed by atoms with E-state index in [0.29, 0.717) is 17.5 Å². The summed E-state index contributed by atoms with van der Waals surface area (Å²) >= 11 is 0. The third-order valence-electron chi connectivity index (χ3n) is 10.7. The van der Waals surface area contributed by atoms with Crippen molar-refractivity contribution >= 4 is 54.3 Å². The number of nitrogens with zero attached hydrogens (tertiary/aromatic N) is 3. The van der Waals surface area contributed by atoms with Crippen molar-refractivity contribution in [1.82, 2.24) is 15.0 Å². The minimum atomic E-state index is 0.554. The van der Waals surface area contributed by atoms with Crippen LogP contribution in [0.25, 0.3) is 111 Å². The van der Waals surface area contributed by atoms with Gasteiger partial charge < -0.3 is 4.42 Å². The van der Waals surface area contributed by atoms with Crippen LogP contribution < -0.4 is 0 Å². The molecule has 11 rings (SSSR count). The minimum Gasteiger partial charge on any atom is -0.455 e. The van der Waals surface area contributed by atoms with Crippen LogP contribution in [0, 0.1) is 0 Å². The number of furan rings is 1. The van der Waals surface area contributed by atoms with E-state index < -0.39 is 0 Å². The predicted octanol–water partition coefficient (Wildman–Crippen LogP) is 13.6. The molecule has 0 atom stereocenters. The van der Waals surface area contributed by atoms with E-state index in [1.807, 2.05) is 24.3 Å². The van der Waals surface area contributed by atoms with Crippen molar-refractivity contribution in [3.8, 4) is 56.4 Å². The van der Waals surface area contributed by atoms with Crippen LogP contribution in [-0.2, 0) is 0 Å². The number of aromatic nitrogens is 3. The smallest absolute Gasteiger partial charge is 0.167 e. The summed E-state index contributed by atoms with van der Waals surface area (Å²) in [7, 11) is 0. The van der Waals surface area contributed by atoms with Gasteiger partial charge in [0.25, 0.3) is 0 Å². The molecule has 0 N–H and O–H groups in total. The van der Waals surface area contributed by atoms with E-state index in [2.05, 4.69) is 164 Å². The van der Waals surface area contributed by atoms with E-state index in [1.54, 1.807) is 0 Å². The molecule has 0 aliphatic heterocycles. The molecule has 0 radical (unpaired) electrons. The molecule has 256 valence electrons. The summed E-state index contributed by atoms with van der Waals surface area (Å²) in [4.78, 5) is 15.9. The normalized spacial score (nSPS) is 11.6. The Kier molecular flexibility index (Phi) is 7.14. The number of para-hydroxylation sites is 2. The fraction of sp³-hybridized carbons (Fsp3) is 0. The lowest BCUT2D eigenvalue weighted by atomic mass is 9.92. The zero-order chi connectivity index (χ0) is 36.3. The Morgan fingerprint density at radius 1 is 0.309 bits per heavy atom. The molecule has 11 aromatic rings. The second kappa shape index (κ2) is 12.6. The molecule has 9 aromatic carbocycles. The molecule has 0 aliphatic carbocycles. The van der Waals surface area contributed by atoms with Crippen LogP contribution in [0.1, 0.15) is 0 Å². The predicted molar refractivity (Wildman–Crippen MR) is 227 cm³/mol. The summed E-state index contributed by atoms with van der Waals surface area (Å²) in [5.41, 5.74) is 8.64. The average molecular weight is 702 g/mol. The Hall–Kier alpha value is -7.43. The molecule has 2 heterocycles. The third kappa shape index (κ3) is 5.34. The molecule has 0 unspecified atom stereocenters. The highest BCUT2D eigenvalue weighted by Crippen LogP contribution is 2.41. The molecule has 0 aliphatic rings. The average Bonchev–Trinajstić information content (AvgIpc) is 3.64. The topological polar surface area (TPSA) is 51.8 Å². The largest absolute Gasteiger partial charge is 0.455 e. The van der Waals surface area contributed by atoms with Crippen LogP contribution in [0.2, 0.25) is 0 Å². The van der Waals surface area contributed by atoms with E-state index in [9.17, 15) is 0 Å². The van der Waals surface area contributed by atoms with E-state index in [1.165, 1.54) is 21.5 Å². The van der Waals surface area contributed by atoms with Crippen molar-refractivity contribution < 1.29 is 4.42 Å². The molecule has 4 nitrogen and oxygen atoms in total. The highest BCUT2D eigenvalue weighted by Gasteiger charge is 2.21. The van der Waals surface area contributed by atoms with Gasteiger partial charge in [0, 0.05) is 21.9 Å². The van der Waals surface area contributed by atoms with Gasteiger partial charge in [0.2, 0.25) is 0 Å². The van der Waals surface area contributed by atoms with Crippen LogP contribution in [0.5, 0.6) is 0 Å². The zero-order valence-electron chi connectivity index (χ0n) is 29.6. The fourth-order valence-corrected chi connectivity index (χ4v) is 7.98. The first-order valence-corrected chi connectivity index (χ1v) is 18.5. The standard InChI is InChI=1S/C51H31N3O/c1-3-14-35-29-38(25-23-32(35)11-1)37-16-9-17-40(31-37)49-52-50(45-21-10-20-44-43-19-7-8-22-46(43)55-48(44)45)54-51(53-49)47-41-18-6-5-13-34(41)27-28-42(47)39-26-24-33-12-2-4-15-36(33)30-39/h1-31H. The monoisotopic (exact) mass is 701 g/mol. The van der Waals surface area contributed by atoms with Gasteiger partial charge in [-0.25, -0.2) is 15.0 Å². The van der Waals surface area contributed by atoms with Gasteiger partial charge in [0.05, 0.1) is 5.56 Å². The lowest BCUT2D eigenvalue weighted by Gasteiger charge is -2.15. The van der Waals surface area contributed by atoms with Gasteiger partial charge in [-0.2, -0.15) is 0 Å².